The number of hydrogen-bond donors (Lipinski definition) is 0. The monoisotopic (exact) mass is 585 g/mol. The van der Waals surface area contributed by atoms with E-state index in [1.807, 2.05) is 30.3 Å². The average Bonchev–Trinajstić information content (AvgIpc) is 3.64. The van der Waals surface area contributed by atoms with Crippen molar-refractivity contribution in [3.63, 3.8) is 0 Å². The molecule has 3 heteroatoms. The number of nitrogens with zero attached hydrogens (tertiary/aromatic N) is 3. The van der Waals surface area contributed by atoms with Crippen molar-refractivity contribution in [2.24, 2.45) is 0 Å². The summed E-state index contributed by atoms with van der Waals surface area (Å²) >= 11 is 0. The predicted octanol–water partition coefficient (Wildman–Crippen LogP) is 11.1. The number of aromatic nitrogens is 2. The van der Waals surface area contributed by atoms with Gasteiger partial charge in [-0.25, -0.2) is 0 Å². The fraction of sp³-hybridized carbons (Fsp3) is 0. The summed E-state index contributed by atoms with van der Waals surface area (Å²) in [4.78, 5) is 0. The van der Waals surface area contributed by atoms with Crippen LogP contribution in [0.1, 0.15) is 5.56 Å². The van der Waals surface area contributed by atoms with Gasteiger partial charge in [0, 0.05) is 32.8 Å². The molecule has 0 saturated carbocycles. The molecule has 9 aromatic rings. The molecular weight excluding hydrogens is 558 g/mol. The largest absolute Gasteiger partial charge is 0.309 e. The first kappa shape index (κ1) is 26.1. The van der Waals surface area contributed by atoms with E-state index in [4.69, 9.17) is 0 Å². The Morgan fingerprint density at radius 1 is 0.391 bits per heavy atom. The minimum atomic E-state index is 0.661. The van der Waals surface area contributed by atoms with E-state index in [-0.39, 0.29) is 0 Å². The molecule has 0 amide bonds. The van der Waals surface area contributed by atoms with Crippen molar-refractivity contribution in [3.8, 4) is 39.7 Å². The van der Waals surface area contributed by atoms with Gasteiger partial charge in [0.15, 0.2) is 0 Å². The molecule has 3 nitrogen and oxygen atoms in total. The van der Waals surface area contributed by atoms with E-state index in [1.54, 1.807) is 0 Å². The highest BCUT2D eigenvalue weighted by atomic mass is 15.0. The molecule has 0 N–H and O–H groups in total. The molecule has 0 atom stereocenters. The summed E-state index contributed by atoms with van der Waals surface area (Å²) in [6.07, 6.45) is 0. The molecule has 9 rings (SSSR count). The Morgan fingerprint density at radius 2 is 0.913 bits per heavy atom. The van der Waals surface area contributed by atoms with Crippen LogP contribution in [0, 0.1) is 11.3 Å². The van der Waals surface area contributed by atoms with Crippen LogP contribution in [0.25, 0.3) is 77.2 Å². The van der Waals surface area contributed by atoms with E-state index >= 15 is 0 Å². The van der Waals surface area contributed by atoms with Gasteiger partial charge in [0.2, 0.25) is 0 Å². The first-order valence-electron chi connectivity index (χ1n) is 15.5. The first-order valence-corrected chi connectivity index (χ1v) is 15.5. The van der Waals surface area contributed by atoms with Gasteiger partial charge in [0.1, 0.15) is 0 Å². The Bertz CT molecular complexity index is 2630. The third kappa shape index (κ3) is 3.91. The van der Waals surface area contributed by atoms with Gasteiger partial charge in [-0.1, -0.05) is 103 Å². The fourth-order valence-electron chi connectivity index (χ4n) is 7.15. The van der Waals surface area contributed by atoms with Crippen LogP contribution >= 0.6 is 0 Å². The molecule has 0 aliphatic heterocycles. The topological polar surface area (TPSA) is 33.6 Å². The minimum Gasteiger partial charge on any atom is -0.309 e. The van der Waals surface area contributed by atoms with Crippen LogP contribution in [0.15, 0.2) is 164 Å². The summed E-state index contributed by atoms with van der Waals surface area (Å²) < 4.78 is 4.67. The molecule has 0 bridgehead atoms. The maximum atomic E-state index is 10.1. The van der Waals surface area contributed by atoms with Crippen LogP contribution in [-0.2, 0) is 0 Å². The van der Waals surface area contributed by atoms with Gasteiger partial charge in [0.25, 0.3) is 0 Å². The van der Waals surface area contributed by atoms with E-state index < -0.39 is 0 Å². The predicted molar refractivity (Wildman–Crippen MR) is 191 cm³/mol. The van der Waals surface area contributed by atoms with Crippen molar-refractivity contribution in [2.75, 3.05) is 0 Å². The van der Waals surface area contributed by atoms with Gasteiger partial charge >= 0.3 is 0 Å². The van der Waals surface area contributed by atoms with Crippen LogP contribution in [-0.4, -0.2) is 9.13 Å². The SMILES string of the molecule is N#Cc1cccc(-n2c3ccccc3c3cc(-c4ccc5c(c4)c4ccccc4n5-c4ccccc4)ccc32)c1-c1ccccc1. The minimum absolute atomic E-state index is 0.661. The van der Waals surface area contributed by atoms with E-state index in [0.717, 1.165) is 33.5 Å². The third-order valence-electron chi connectivity index (χ3n) is 9.16. The zero-order chi connectivity index (χ0) is 30.6. The van der Waals surface area contributed by atoms with Crippen molar-refractivity contribution in [3.05, 3.63) is 169 Å². The highest BCUT2D eigenvalue weighted by molar-refractivity contribution is 6.13. The number of fused-ring (bicyclic) bond motifs is 6. The Labute approximate surface area is 266 Å². The van der Waals surface area contributed by atoms with Gasteiger partial charge in [-0.3, -0.25) is 0 Å². The van der Waals surface area contributed by atoms with Gasteiger partial charge in [-0.05, 0) is 77.4 Å². The van der Waals surface area contributed by atoms with E-state index in [2.05, 4.69) is 149 Å². The summed E-state index contributed by atoms with van der Waals surface area (Å²) in [5.74, 6) is 0. The van der Waals surface area contributed by atoms with Gasteiger partial charge in [-0.2, -0.15) is 5.26 Å². The van der Waals surface area contributed by atoms with Gasteiger partial charge < -0.3 is 9.13 Å². The highest BCUT2D eigenvalue weighted by Crippen LogP contribution is 2.40. The maximum absolute atomic E-state index is 10.1. The van der Waals surface area contributed by atoms with Crippen LogP contribution in [0.5, 0.6) is 0 Å². The smallest absolute Gasteiger partial charge is 0.0998 e. The zero-order valence-corrected chi connectivity index (χ0v) is 24.9. The Morgan fingerprint density at radius 3 is 1.54 bits per heavy atom. The lowest BCUT2D eigenvalue weighted by Gasteiger charge is -2.15. The normalized spacial score (nSPS) is 11.5. The summed E-state index contributed by atoms with van der Waals surface area (Å²) in [6, 6.07) is 60.1. The van der Waals surface area contributed by atoms with Crippen LogP contribution in [0.2, 0.25) is 0 Å². The molecule has 0 saturated heterocycles. The number of nitriles is 1. The Hall–Kier alpha value is -6.37. The second-order valence-corrected chi connectivity index (χ2v) is 11.7. The van der Waals surface area contributed by atoms with Crippen molar-refractivity contribution >= 4 is 43.6 Å². The zero-order valence-electron chi connectivity index (χ0n) is 24.9. The average molecular weight is 586 g/mol. The van der Waals surface area contributed by atoms with Crippen molar-refractivity contribution in [1.29, 1.82) is 5.26 Å². The molecule has 214 valence electrons. The highest BCUT2D eigenvalue weighted by Gasteiger charge is 2.19. The molecule has 0 aliphatic carbocycles. The first-order chi connectivity index (χ1) is 22.8. The van der Waals surface area contributed by atoms with Gasteiger partial charge in [0.05, 0.1) is 39.4 Å². The second-order valence-electron chi connectivity index (χ2n) is 11.7. The number of rotatable bonds is 4. The molecule has 0 fully saturated rings. The molecule has 0 radical (unpaired) electrons. The summed E-state index contributed by atoms with van der Waals surface area (Å²) in [5.41, 5.74) is 11.8. The van der Waals surface area contributed by atoms with Crippen molar-refractivity contribution < 1.29 is 0 Å². The molecule has 0 unspecified atom stereocenters. The van der Waals surface area contributed by atoms with Crippen molar-refractivity contribution in [1.82, 2.24) is 9.13 Å². The third-order valence-corrected chi connectivity index (χ3v) is 9.16. The van der Waals surface area contributed by atoms with Crippen LogP contribution in [0.3, 0.4) is 0 Å². The second kappa shape index (κ2) is 10.4. The van der Waals surface area contributed by atoms with E-state index in [0.29, 0.717) is 5.56 Å². The van der Waals surface area contributed by atoms with Crippen molar-refractivity contribution in [2.45, 2.75) is 0 Å². The lowest BCUT2D eigenvalue weighted by Crippen LogP contribution is -1.99. The molecule has 46 heavy (non-hydrogen) atoms. The summed E-state index contributed by atoms with van der Waals surface area (Å²) in [7, 11) is 0. The van der Waals surface area contributed by atoms with Gasteiger partial charge in [-0.15, -0.1) is 0 Å². The molecular formula is C43H27N3. The molecule has 0 spiro atoms. The quantitative estimate of drug-likeness (QED) is 0.202. The van der Waals surface area contributed by atoms with E-state index in [1.165, 1.54) is 43.7 Å². The standard InChI is InChI=1S/C43H27N3/c44-28-32-14-11-21-42(43(32)29-12-3-1-4-13-29)46-39-20-10-8-18-35(39)37-27-31(23-25-41(37)46)30-22-24-40-36(26-30)34-17-7-9-19-38(34)45(40)33-15-5-2-6-16-33/h1-27H. The number of benzene rings is 7. The van der Waals surface area contributed by atoms with E-state index in [9.17, 15) is 5.26 Å². The lowest BCUT2D eigenvalue weighted by atomic mass is 9.98. The Balaban J connectivity index is 1.27. The van der Waals surface area contributed by atoms with Crippen LogP contribution < -0.4 is 0 Å². The number of para-hydroxylation sites is 3. The molecule has 2 aromatic heterocycles. The summed E-state index contributed by atoms with van der Waals surface area (Å²) in [6.45, 7) is 0. The number of hydrogen-bond acceptors (Lipinski definition) is 1. The molecule has 7 aromatic carbocycles. The molecule has 0 aliphatic rings. The van der Waals surface area contributed by atoms with Crippen LogP contribution in [0.4, 0.5) is 0 Å². The fourth-order valence-corrected chi connectivity index (χ4v) is 7.15. The lowest BCUT2D eigenvalue weighted by molar-refractivity contribution is 1.18. The maximum Gasteiger partial charge on any atom is 0.0998 e. The summed E-state index contributed by atoms with van der Waals surface area (Å²) in [5, 5.41) is 15.0. The Kier molecular flexibility index (Phi) is 5.88. The molecule has 2 heterocycles.